The molecule has 1 aromatic carbocycles. The summed E-state index contributed by atoms with van der Waals surface area (Å²) in [6, 6.07) is 11.9. The highest BCUT2D eigenvalue weighted by atomic mass is 16.5. The van der Waals surface area contributed by atoms with Crippen molar-refractivity contribution < 1.29 is 9.53 Å². The summed E-state index contributed by atoms with van der Waals surface area (Å²) < 4.78 is 5.79. The van der Waals surface area contributed by atoms with Gasteiger partial charge in [0.05, 0.1) is 5.92 Å². The van der Waals surface area contributed by atoms with Gasteiger partial charge in [0.1, 0.15) is 12.4 Å². The Morgan fingerprint density at radius 3 is 2.88 bits per heavy atom. The van der Waals surface area contributed by atoms with Crippen LogP contribution in [0.25, 0.3) is 0 Å². The molecule has 3 heterocycles. The monoisotopic (exact) mass is 338 g/mol. The number of hydrogen-bond donors (Lipinski definition) is 0. The molecule has 25 heavy (non-hydrogen) atoms. The standard InChI is InChI=1S/C19H22N4O2/c24-19(16-13-15-5-1-2-6-17(15)25-14-16)23-10-4-9-22(11-12-23)18-7-3-8-20-21-18/h1-3,5-8,16H,4,9-14H2/t16-/m1/s1. The van der Waals surface area contributed by atoms with E-state index in [0.717, 1.165) is 49.6 Å². The molecule has 1 atom stereocenters. The summed E-state index contributed by atoms with van der Waals surface area (Å²) in [6.45, 7) is 3.66. The van der Waals surface area contributed by atoms with E-state index in [2.05, 4.69) is 15.1 Å². The summed E-state index contributed by atoms with van der Waals surface area (Å²) in [5.41, 5.74) is 1.13. The third-order valence-electron chi connectivity index (χ3n) is 4.92. The van der Waals surface area contributed by atoms with Crippen LogP contribution >= 0.6 is 0 Å². The van der Waals surface area contributed by atoms with Crippen molar-refractivity contribution in [3.63, 3.8) is 0 Å². The second kappa shape index (κ2) is 7.09. The molecule has 2 aliphatic rings. The van der Waals surface area contributed by atoms with Crippen LogP contribution in [0.1, 0.15) is 12.0 Å². The lowest BCUT2D eigenvalue weighted by atomic mass is 9.95. The Labute approximate surface area is 147 Å². The summed E-state index contributed by atoms with van der Waals surface area (Å²) in [4.78, 5) is 17.1. The van der Waals surface area contributed by atoms with E-state index in [0.29, 0.717) is 13.2 Å². The molecule has 1 amide bonds. The SMILES string of the molecule is O=C([C@H]1COc2ccccc2C1)N1CCCN(c2cccnn2)CC1. The number of para-hydroxylation sites is 1. The minimum atomic E-state index is -0.0852. The van der Waals surface area contributed by atoms with Crippen LogP contribution in [0, 0.1) is 5.92 Å². The predicted octanol–water partition coefficient (Wildman–Crippen LogP) is 1.77. The van der Waals surface area contributed by atoms with Crippen LogP contribution in [0.4, 0.5) is 5.82 Å². The lowest BCUT2D eigenvalue weighted by molar-refractivity contribution is -0.136. The first kappa shape index (κ1) is 15.9. The minimum absolute atomic E-state index is 0.0852. The molecule has 2 aromatic rings. The predicted molar refractivity (Wildman–Crippen MR) is 94.6 cm³/mol. The minimum Gasteiger partial charge on any atom is -0.492 e. The van der Waals surface area contributed by atoms with Crippen LogP contribution in [0.3, 0.4) is 0 Å². The van der Waals surface area contributed by atoms with E-state index in [-0.39, 0.29) is 11.8 Å². The highest BCUT2D eigenvalue weighted by Crippen LogP contribution is 2.28. The molecule has 6 heteroatoms. The van der Waals surface area contributed by atoms with Gasteiger partial charge in [-0.1, -0.05) is 18.2 Å². The molecule has 2 aliphatic heterocycles. The number of nitrogens with zero attached hydrogens (tertiary/aromatic N) is 4. The summed E-state index contributed by atoms with van der Waals surface area (Å²) in [5.74, 6) is 1.91. The van der Waals surface area contributed by atoms with Crippen LogP contribution in [-0.2, 0) is 11.2 Å². The van der Waals surface area contributed by atoms with Crippen molar-refractivity contribution in [2.45, 2.75) is 12.8 Å². The molecule has 0 saturated carbocycles. The van der Waals surface area contributed by atoms with E-state index in [1.165, 1.54) is 0 Å². The van der Waals surface area contributed by atoms with E-state index >= 15 is 0 Å². The van der Waals surface area contributed by atoms with Crippen LogP contribution in [-0.4, -0.2) is 53.8 Å². The molecule has 0 N–H and O–H groups in total. The molecule has 0 unspecified atom stereocenters. The molecule has 6 nitrogen and oxygen atoms in total. The number of carbonyl (C=O) groups is 1. The van der Waals surface area contributed by atoms with Gasteiger partial charge in [0, 0.05) is 32.4 Å². The smallest absolute Gasteiger partial charge is 0.229 e. The summed E-state index contributed by atoms with van der Waals surface area (Å²) in [6.07, 6.45) is 3.38. The summed E-state index contributed by atoms with van der Waals surface area (Å²) in [5, 5.41) is 8.13. The van der Waals surface area contributed by atoms with Crippen molar-refractivity contribution in [3.8, 4) is 5.75 Å². The second-order valence-electron chi connectivity index (χ2n) is 6.57. The van der Waals surface area contributed by atoms with Crippen molar-refractivity contribution in [1.82, 2.24) is 15.1 Å². The third-order valence-corrected chi connectivity index (χ3v) is 4.92. The average molecular weight is 338 g/mol. The zero-order valence-electron chi connectivity index (χ0n) is 14.2. The Morgan fingerprint density at radius 1 is 1.08 bits per heavy atom. The number of benzene rings is 1. The summed E-state index contributed by atoms with van der Waals surface area (Å²) >= 11 is 0. The molecule has 0 radical (unpaired) electrons. The van der Waals surface area contributed by atoms with Crippen molar-refractivity contribution >= 4 is 11.7 Å². The molecule has 130 valence electrons. The Morgan fingerprint density at radius 2 is 2.00 bits per heavy atom. The fraction of sp³-hybridized carbons (Fsp3) is 0.421. The first-order valence-corrected chi connectivity index (χ1v) is 8.83. The van der Waals surface area contributed by atoms with E-state index in [9.17, 15) is 4.79 Å². The fourth-order valence-corrected chi connectivity index (χ4v) is 3.57. The van der Waals surface area contributed by atoms with Crippen molar-refractivity contribution in [1.29, 1.82) is 0 Å². The zero-order chi connectivity index (χ0) is 17.1. The number of anilines is 1. The molecule has 1 aromatic heterocycles. The maximum Gasteiger partial charge on any atom is 0.229 e. The van der Waals surface area contributed by atoms with Crippen LogP contribution in [0.2, 0.25) is 0 Å². The van der Waals surface area contributed by atoms with Gasteiger partial charge in [-0.25, -0.2) is 0 Å². The second-order valence-corrected chi connectivity index (χ2v) is 6.57. The van der Waals surface area contributed by atoms with E-state index in [1.807, 2.05) is 41.3 Å². The Hall–Kier alpha value is -2.63. The fourth-order valence-electron chi connectivity index (χ4n) is 3.57. The maximum absolute atomic E-state index is 13.0. The number of aromatic nitrogens is 2. The van der Waals surface area contributed by atoms with Crippen molar-refractivity contribution in [2.24, 2.45) is 5.92 Å². The largest absolute Gasteiger partial charge is 0.492 e. The Bertz CT molecular complexity index is 737. The number of carbonyl (C=O) groups excluding carboxylic acids is 1. The lowest BCUT2D eigenvalue weighted by Gasteiger charge is -2.29. The average Bonchev–Trinajstić information content (AvgIpc) is 2.94. The van der Waals surface area contributed by atoms with Crippen LogP contribution in [0.5, 0.6) is 5.75 Å². The van der Waals surface area contributed by atoms with Crippen LogP contribution in [0.15, 0.2) is 42.6 Å². The maximum atomic E-state index is 13.0. The molecule has 4 rings (SSSR count). The van der Waals surface area contributed by atoms with Gasteiger partial charge in [0.2, 0.25) is 5.91 Å². The molecule has 0 bridgehead atoms. The van der Waals surface area contributed by atoms with E-state index < -0.39 is 0 Å². The van der Waals surface area contributed by atoms with Gasteiger partial charge in [0.25, 0.3) is 0 Å². The highest BCUT2D eigenvalue weighted by Gasteiger charge is 2.30. The quantitative estimate of drug-likeness (QED) is 0.835. The van der Waals surface area contributed by atoms with Gasteiger partial charge in [-0.3, -0.25) is 4.79 Å². The van der Waals surface area contributed by atoms with Gasteiger partial charge in [0.15, 0.2) is 5.82 Å². The van der Waals surface area contributed by atoms with Gasteiger partial charge in [-0.2, -0.15) is 5.10 Å². The molecule has 0 spiro atoms. The van der Waals surface area contributed by atoms with Gasteiger partial charge in [-0.05, 0) is 36.6 Å². The lowest BCUT2D eigenvalue weighted by Crippen LogP contribution is -2.42. The first-order chi connectivity index (χ1) is 12.3. The van der Waals surface area contributed by atoms with Crippen LogP contribution < -0.4 is 9.64 Å². The Kier molecular flexibility index (Phi) is 4.50. The number of fused-ring (bicyclic) bond motifs is 1. The van der Waals surface area contributed by atoms with Gasteiger partial charge < -0.3 is 14.5 Å². The normalized spacial score (nSPS) is 20.4. The number of ether oxygens (including phenoxy) is 1. The molecule has 1 fully saturated rings. The topological polar surface area (TPSA) is 58.6 Å². The zero-order valence-corrected chi connectivity index (χ0v) is 14.2. The first-order valence-electron chi connectivity index (χ1n) is 8.83. The van der Waals surface area contributed by atoms with Crippen molar-refractivity contribution in [2.75, 3.05) is 37.7 Å². The summed E-state index contributed by atoms with van der Waals surface area (Å²) in [7, 11) is 0. The van der Waals surface area contributed by atoms with Gasteiger partial charge >= 0.3 is 0 Å². The molecular weight excluding hydrogens is 316 g/mol. The number of rotatable bonds is 2. The Balaban J connectivity index is 1.40. The molecular formula is C19H22N4O2. The van der Waals surface area contributed by atoms with Gasteiger partial charge in [-0.15, -0.1) is 5.10 Å². The van der Waals surface area contributed by atoms with E-state index in [4.69, 9.17) is 4.74 Å². The molecule has 1 saturated heterocycles. The third kappa shape index (κ3) is 3.43. The number of hydrogen-bond acceptors (Lipinski definition) is 5. The van der Waals surface area contributed by atoms with E-state index in [1.54, 1.807) is 6.20 Å². The molecule has 0 aliphatic carbocycles. The highest BCUT2D eigenvalue weighted by molar-refractivity contribution is 5.80. The number of amides is 1. The van der Waals surface area contributed by atoms with Crippen molar-refractivity contribution in [3.05, 3.63) is 48.2 Å².